The summed E-state index contributed by atoms with van der Waals surface area (Å²) in [6, 6.07) is 19.5. The molecule has 0 radical (unpaired) electrons. The van der Waals surface area contributed by atoms with Crippen molar-refractivity contribution >= 4 is 5.91 Å². The van der Waals surface area contributed by atoms with Crippen LogP contribution in [0.5, 0.6) is 17.2 Å². The Morgan fingerprint density at radius 2 is 1.81 bits per heavy atom. The number of nitrogens with zero attached hydrogens (tertiary/aromatic N) is 3. The van der Waals surface area contributed by atoms with E-state index in [0.717, 1.165) is 34.1 Å². The summed E-state index contributed by atoms with van der Waals surface area (Å²) in [6.07, 6.45) is 3.08. The molecule has 0 bridgehead atoms. The summed E-state index contributed by atoms with van der Waals surface area (Å²) in [5.41, 5.74) is 3.18. The first kappa shape index (κ1) is 24.3. The van der Waals surface area contributed by atoms with Crippen molar-refractivity contribution in [2.75, 3.05) is 13.4 Å². The van der Waals surface area contributed by atoms with E-state index in [1.54, 1.807) is 6.20 Å². The Morgan fingerprint density at radius 1 is 1.00 bits per heavy atom. The first-order chi connectivity index (χ1) is 18.2. The van der Waals surface area contributed by atoms with E-state index in [2.05, 4.69) is 20.2 Å². The monoisotopic (exact) mass is 500 g/mol. The second-order valence-electron chi connectivity index (χ2n) is 8.54. The van der Waals surface area contributed by atoms with Gasteiger partial charge in [-0.05, 0) is 54.4 Å². The molecule has 0 unspecified atom stereocenters. The van der Waals surface area contributed by atoms with Gasteiger partial charge in [0.05, 0.1) is 25.4 Å². The van der Waals surface area contributed by atoms with Crippen molar-refractivity contribution in [2.24, 2.45) is 0 Å². The summed E-state index contributed by atoms with van der Waals surface area (Å²) in [4.78, 5) is 23.4. The van der Waals surface area contributed by atoms with E-state index in [1.807, 2.05) is 67.6 Å². The molecule has 3 heterocycles. The number of hydrogen-bond donors (Lipinski definition) is 1. The molecule has 4 aromatic rings. The zero-order chi connectivity index (χ0) is 25.5. The fourth-order valence-corrected chi connectivity index (χ4v) is 4.02. The number of rotatable bonds is 11. The normalized spacial score (nSPS) is 12.1. The van der Waals surface area contributed by atoms with Crippen molar-refractivity contribution in [3.8, 4) is 17.2 Å². The van der Waals surface area contributed by atoms with Gasteiger partial charge in [0.2, 0.25) is 12.7 Å². The number of amides is 1. The van der Waals surface area contributed by atoms with Gasteiger partial charge in [-0.1, -0.05) is 24.3 Å². The highest BCUT2D eigenvalue weighted by Crippen LogP contribution is 2.33. The number of benzene rings is 2. The lowest BCUT2D eigenvalue weighted by molar-refractivity contribution is 0.0945. The molecular formula is C28H28N4O5. The predicted molar refractivity (Wildman–Crippen MR) is 135 cm³/mol. The van der Waals surface area contributed by atoms with Crippen molar-refractivity contribution in [3.05, 3.63) is 102 Å². The van der Waals surface area contributed by atoms with Crippen LogP contribution in [-0.2, 0) is 26.2 Å². The molecule has 0 fully saturated rings. The predicted octanol–water partition coefficient (Wildman–Crippen LogP) is 4.33. The van der Waals surface area contributed by atoms with Crippen molar-refractivity contribution in [1.82, 2.24) is 20.2 Å². The van der Waals surface area contributed by atoms with Crippen molar-refractivity contribution < 1.29 is 23.4 Å². The maximum Gasteiger partial charge on any atom is 0.273 e. The standard InChI is InChI=1S/C28H28N4O5/c1-2-34-23-9-6-20(7-10-23)15-32(16-21-8-11-25-26(13-21)37-19-36-25)17-27-31-24(18-35-27)28(33)30-14-22-5-3-4-12-29-22/h3-13,18H,2,14-17,19H2,1H3,(H,30,33). The number of pyridine rings is 1. The highest BCUT2D eigenvalue weighted by atomic mass is 16.7. The van der Waals surface area contributed by atoms with Gasteiger partial charge in [-0.2, -0.15) is 0 Å². The molecule has 0 saturated heterocycles. The van der Waals surface area contributed by atoms with E-state index in [9.17, 15) is 4.79 Å². The lowest BCUT2D eigenvalue weighted by atomic mass is 10.1. The van der Waals surface area contributed by atoms with Crippen LogP contribution < -0.4 is 19.5 Å². The fourth-order valence-electron chi connectivity index (χ4n) is 4.02. The highest BCUT2D eigenvalue weighted by molar-refractivity contribution is 5.91. The second-order valence-corrected chi connectivity index (χ2v) is 8.54. The molecule has 2 aromatic heterocycles. The molecule has 1 aliphatic rings. The van der Waals surface area contributed by atoms with Crippen LogP contribution >= 0.6 is 0 Å². The minimum atomic E-state index is -0.311. The molecule has 1 N–H and O–H groups in total. The topological polar surface area (TPSA) is 99.0 Å². The third-order valence-corrected chi connectivity index (χ3v) is 5.78. The Labute approximate surface area is 215 Å². The van der Waals surface area contributed by atoms with Crippen LogP contribution in [0.15, 0.2) is 77.5 Å². The minimum Gasteiger partial charge on any atom is -0.494 e. The van der Waals surface area contributed by atoms with Gasteiger partial charge in [-0.3, -0.25) is 14.7 Å². The molecule has 37 heavy (non-hydrogen) atoms. The summed E-state index contributed by atoms with van der Waals surface area (Å²) in [7, 11) is 0. The quantitative estimate of drug-likeness (QED) is 0.325. The van der Waals surface area contributed by atoms with Gasteiger partial charge in [0.25, 0.3) is 5.91 Å². The molecule has 1 aliphatic heterocycles. The molecule has 0 saturated carbocycles. The van der Waals surface area contributed by atoms with Crippen LogP contribution in [0, 0.1) is 0 Å². The van der Waals surface area contributed by atoms with Crippen LogP contribution in [0.1, 0.15) is 40.1 Å². The SMILES string of the molecule is CCOc1ccc(CN(Cc2ccc3c(c2)OCO3)Cc2nc(C(=O)NCc3ccccn3)co2)cc1. The van der Waals surface area contributed by atoms with Crippen LogP contribution in [0.2, 0.25) is 0 Å². The molecule has 0 aliphatic carbocycles. The van der Waals surface area contributed by atoms with Gasteiger partial charge in [-0.25, -0.2) is 4.98 Å². The average molecular weight is 501 g/mol. The Bertz CT molecular complexity index is 1320. The van der Waals surface area contributed by atoms with Crippen LogP contribution in [0.3, 0.4) is 0 Å². The van der Waals surface area contributed by atoms with Gasteiger partial charge in [0.15, 0.2) is 17.2 Å². The maximum absolute atomic E-state index is 12.6. The van der Waals surface area contributed by atoms with E-state index in [1.165, 1.54) is 6.26 Å². The molecule has 5 rings (SSSR count). The molecule has 9 heteroatoms. The van der Waals surface area contributed by atoms with Crippen LogP contribution in [0.4, 0.5) is 0 Å². The van der Waals surface area contributed by atoms with Crippen molar-refractivity contribution in [2.45, 2.75) is 33.1 Å². The van der Waals surface area contributed by atoms with Crippen LogP contribution in [-0.4, -0.2) is 34.2 Å². The second kappa shape index (κ2) is 11.6. The average Bonchev–Trinajstić information content (AvgIpc) is 3.59. The van der Waals surface area contributed by atoms with E-state index in [0.29, 0.717) is 38.7 Å². The Kier molecular flexibility index (Phi) is 7.61. The largest absolute Gasteiger partial charge is 0.494 e. The van der Waals surface area contributed by atoms with Crippen molar-refractivity contribution in [3.63, 3.8) is 0 Å². The first-order valence-electron chi connectivity index (χ1n) is 12.1. The molecule has 0 atom stereocenters. The molecule has 9 nitrogen and oxygen atoms in total. The number of ether oxygens (including phenoxy) is 3. The number of hydrogen-bond acceptors (Lipinski definition) is 8. The summed E-state index contributed by atoms with van der Waals surface area (Å²) >= 11 is 0. The van der Waals surface area contributed by atoms with Crippen LogP contribution in [0.25, 0.3) is 0 Å². The molecule has 2 aromatic carbocycles. The first-order valence-corrected chi connectivity index (χ1v) is 12.1. The van der Waals surface area contributed by atoms with Gasteiger partial charge >= 0.3 is 0 Å². The van der Waals surface area contributed by atoms with Crippen molar-refractivity contribution in [1.29, 1.82) is 0 Å². The Hall–Kier alpha value is -4.37. The van der Waals surface area contributed by atoms with E-state index < -0.39 is 0 Å². The molecule has 0 spiro atoms. The van der Waals surface area contributed by atoms with E-state index >= 15 is 0 Å². The lowest BCUT2D eigenvalue weighted by Crippen LogP contribution is -2.24. The number of oxazole rings is 1. The zero-order valence-corrected chi connectivity index (χ0v) is 20.6. The summed E-state index contributed by atoms with van der Waals surface area (Å²) < 4.78 is 22.2. The van der Waals surface area contributed by atoms with Gasteiger partial charge < -0.3 is 23.9 Å². The summed E-state index contributed by atoms with van der Waals surface area (Å²) in [5, 5.41) is 2.83. The van der Waals surface area contributed by atoms with Gasteiger partial charge in [-0.15, -0.1) is 0 Å². The van der Waals surface area contributed by atoms with Gasteiger partial charge in [0, 0.05) is 19.3 Å². The Balaban J connectivity index is 1.28. The smallest absolute Gasteiger partial charge is 0.273 e. The minimum absolute atomic E-state index is 0.232. The fraction of sp³-hybridized carbons (Fsp3) is 0.250. The van der Waals surface area contributed by atoms with E-state index in [4.69, 9.17) is 18.6 Å². The van der Waals surface area contributed by atoms with Gasteiger partial charge in [0.1, 0.15) is 12.0 Å². The third kappa shape index (κ3) is 6.45. The third-order valence-electron chi connectivity index (χ3n) is 5.78. The summed E-state index contributed by atoms with van der Waals surface area (Å²) in [6.45, 7) is 4.81. The molecular weight excluding hydrogens is 472 g/mol. The highest BCUT2D eigenvalue weighted by Gasteiger charge is 2.18. The zero-order valence-electron chi connectivity index (χ0n) is 20.6. The lowest BCUT2D eigenvalue weighted by Gasteiger charge is -2.21. The number of fused-ring (bicyclic) bond motifs is 1. The number of carbonyl (C=O) groups excluding carboxylic acids is 1. The number of carbonyl (C=O) groups is 1. The van der Waals surface area contributed by atoms with E-state index in [-0.39, 0.29) is 18.4 Å². The maximum atomic E-state index is 12.6. The number of aromatic nitrogens is 2. The molecule has 1 amide bonds. The Morgan fingerprint density at radius 3 is 2.62 bits per heavy atom. The summed E-state index contributed by atoms with van der Waals surface area (Å²) in [5.74, 6) is 2.46. The molecule has 190 valence electrons. The number of nitrogens with one attached hydrogen (secondary N) is 1.